The number of piperidine rings is 1. The number of rotatable bonds is 6. The first-order chi connectivity index (χ1) is 15.2. The molecule has 1 saturated carbocycles. The number of aliphatic hydroxyl groups is 1. The molecule has 4 rings (SSSR count). The fourth-order valence-electron chi connectivity index (χ4n) is 4.53. The summed E-state index contributed by atoms with van der Waals surface area (Å²) in [5.41, 5.74) is -0.144. The molecule has 2 aliphatic heterocycles. The predicted octanol–water partition coefficient (Wildman–Crippen LogP) is 2.74. The van der Waals surface area contributed by atoms with Crippen LogP contribution in [0.2, 0.25) is 5.02 Å². The van der Waals surface area contributed by atoms with E-state index in [1.165, 1.54) is 16.4 Å². The summed E-state index contributed by atoms with van der Waals surface area (Å²) in [5, 5.41) is 9.75. The maximum atomic E-state index is 13.7. The summed E-state index contributed by atoms with van der Waals surface area (Å²) in [6, 6.07) is 5.22. The third-order valence-corrected chi connectivity index (χ3v) is 9.24. The van der Waals surface area contributed by atoms with E-state index in [4.69, 9.17) is 21.1 Å². The average molecular weight is 487 g/mol. The Morgan fingerprint density at radius 2 is 1.88 bits per heavy atom. The number of hydrogen-bond donors (Lipinski definition) is 1. The highest BCUT2D eigenvalue weighted by Crippen LogP contribution is 2.52. The lowest BCUT2D eigenvalue weighted by atomic mass is 9.97. The number of benzene rings is 1. The highest BCUT2D eigenvalue weighted by atomic mass is 35.5. The van der Waals surface area contributed by atoms with Crippen LogP contribution in [0.4, 0.5) is 4.79 Å². The summed E-state index contributed by atoms with van der Waals surface area (Å²) < 4.78 is 40.2. The average Bonchev–Trinajstić information content (AvgIpc) is 3.56. The lowest BCUT2D eigenvalue weighted by molar-refractivity contribution is -0.0487. The number of aliphatic hydroxyl groups excluding tert-OH is 1. The summed E-state index contributed by atoms with van der Waals surface area (Å²) in [7, 11) is -3.84. The van der Waals surface area contributed by atoms with E-state index in [1.807, 2.05) is 0 Å². The first kappa shape index (κ1) is 23.8. The van der Waals surface area contributed by atoms with Gasteiger partial charge in [-0.3, -0.25) is 0 Å². The molecule has 3 fully saturated rings. The molecule has 2 atom stereocenters. The van der Waals surface area contributed by atoms with Crippen molar-refractivity contribution in [2.24, 2.45) is 11.3 Å². The first-order valence-corrected chi connectivity index (χ1v) is 13.0. The molecular weight excluding hydrogens is 456 g/mol. The summed E-state index contributed by atoms with van der Waals surface area (Å²) in [6.45, 7) is 3.67. The number of ether oxygens (including phenoxy) is 2. The van der Waals surface area contributed by atoms with Gasteiger partial charge < -0.3 is 19.5 Å². The van der Waals surface area contributed by atoms with Crippen LogP contribution in [0.15, 0.2) is 29.2 Å². The van der Waals surface area contributed by atoms with E-state index in [-0.39, 0.29) is 42.1 Å². The van der Waals surface area contributed by atoms with Gasteiger partial charge in [-0.1, -0.05) is 18.5 Å². The van der Waals surface area contributed by atoms with Crippen molar-refractivity contribution in [2.45, 2.75) is 49.6 Å². The van der Waals surface area contributed by atoms with Crippen molar-refractivity contribution in [3.63, 3.8) is 0 Å². The third kappa shape index (κ3) is 4.92. The Labute approximate surface area is 194 Å². The van der Waals surface area contributed by atoms with Crippen molar-refractivity contribution in [3.05, 3.63) is 29.3 Å². The van der Waals surface area contributed by atoms with Crippen LogP contribution in [0.1, 0.15) is 32.6 Å². The van der Waals surface area contributed by atoms with Gasteiger partial charge in [0.15, 0.2) is 0 Å². The van der Waals surface area contributed by atoms with Crippen molar-refractivity contribution < 1.29 is 27.8 Å². The SMILES string of the molecule is CC1([C@@H]2COC[C@H](COC(=O)N3CCC(CO)CC3)N2S(=O)(=O)c2ccc(Cl)cc2)CC1. The number of carbonyl (C=O) groups is 1. The molecule has 1 aliphatic carbocycles. The van der Waals surface area contributed by atoms with E-state index in [0.29, 0.717) is 24.7 Å². The largest absolute Gasteiger partial charge is 0.448 e. The zero-order valence-corrected chi connectivity index (χ0v) is 19.9. The van der Waals surface area contributed by atoms with E-state index in [2.05, 4.69) is 6.92 Å². The molecule has 8 nitrogen and oxygen atoms in total. The van der Waals surface area contributed by atoms with E-state index < -0.39 is 22.2 Å². The number of likely N-dealkylation sites (tertiary alicyclic amines) is 1. The molecule has 2 saturated heterocycles. The van der Waals surface area contributed by atoms with E-state index in [0.717, 1.165) is 25.7 Å². The molecule has 1 N–H and O–H groups in total. The van der Waals surface area contributed by atoms with Gasteiger partial charge in [-0.2, -0.15) is 4.31 Å². The predicted molar refractivity (Wildman–Crippen MR) is 119 cm³/mol. The number of amides is 1. The van der Waals surface area contributed by atoms with E-state index >= 15 is 0 Å². The van der Waals surface area contributed by atoms with Gasteiger partial charge in [-0.25, -0.2) is 13.2 Å². The van der Waals surface area contributed by atoms with Crippen LogP contribution >= 0.6 is 11.6 Å². The molecule has 0 bridgehead atoms. The number of sulfonamides is 1. The van der Waals surface area contributed by atoms with Crippen LogP contribution in [0.3, 0.4) is 0 Å². The van der Waals surface area contributed by atoms with Crippen molar-refractivity contribution in [2.75, 3.05) is 39.5 Å². The van der Waals surface area contributed by atoms with Crippen LogP contribution in [0.5, 0.6) is 0 Å². The summed E-state index contributed by atoms with van der Waals surface area (Å²) in [5.74, 6) is 0.214. The van der Waals surface area contributed by atoms with E-state index in [1.54, 1.807) is 17.0 Å². The Hall–Kier alpha value is -1.39. The molecular formula is C22H31ClN2O6S. The molecule has 0 radical (unpaired) electrons. The van der Waals surface area contributed by atoms with Crippen LogP contribution in [0, 0.1) is 11.3 Å². The zero-order valence-electron chi connectivity index (χ0n) is 18.3. The van der Waals surface area contributed by atoms with Crippen LogP contribution in [-0.4, -0.2) is 80.4 Å². The number of carbonyl (C=O) groups excluding carboxylic acids is 1. The minimum Gasteiger partial charge on any atom is -0.448 e. The van der Waals surface area contributed by atoms with Gasteiger partial charge in [0.1, 0.15) is 6.61 Å². The monoisotopic (exact) mass is 486 g/mol. The smallest absolute Gasteiger partial charge is 0.409 e. The summed E-state index contributed by atoms with van der Waals surface area (Å²) >= 11 is 5.96. The minimum atomic E-state index is -3.84. The number of morpholine rings is 1. The maximum absolute atomic E-state index is 13.7. The Kier molecular flexibility index (Phi) is 7.03. The van der Waals surface area contributed by atoms with Crippen molar-refractivity contribution in [3.8, 4) is 0 Å². The van der Waals surface area contributed by atoms with E-state index in [9.17, 15) is 18.3 Å². The van der Waals surface area contributed by atoms with Crippen LogP contribution < -0.4 is 0 Å². The third-order valence-electron chi connectivity index (χ3n) is 7.02. The molecule has 3 aliphatic rings. The standard InChI is InChI=1S/C22H31ClN2O6S/c1-22(8-9-22)20-15-30-13-18(14-31-21(27)24-10-6-16(12-26)7-11-24)25(20)32(28,29)19-4-2-17(23)3-5-19/h2-5,16,18,20,26H,6-15H2,1H3/t18-,20+/m1/s1. The minimum absolute atomic E-state index is 0.0713. The molecule has 0 aromatic heterocycles. The lowest BCUT2D eigenvalue weighted by Crippen LogP contribution is -2.59. The molecule has 32 heavy (non-hydrogen) atoms. The Balaban J connectivity index is 1.50. The molecule has 10 heteroatoms. The van der Waals surface area contributed by atoms with Gasteiger partial charge in [0.05, 0.1) is 30.2 Å². The second kappa shape index (κ2) is 9.46. The van der Waals surface area contributed by atoms with Crippen LogP contribution in [-0.2, 0) is 19.5 Å². The molecule has 178 valence electrons. The Morgan fingerprint density at radius 1 is 1.22 bits per heavy atom. The lowest BCUT2D eigenvalue weighted by Gasteiger charge is -2.43. The van der Waals surface area contributed by atoms with Gasteiger partial charge in [-0.15, -0.1) is 0 Å². The number of halogens is 1. The van der Waals surface area contributed by atoms with Crippen molar-refractivity contribution >= 4 is 27.7 Å². The molecule has 1 aromatic rings. The molecule has 0 spiro atoms. The van der Waals surface area contributed by atoms with Gasteiger partial charge in [0.2, 0.25) is 10.0 Å². The quantitative estimate of drug-likeness (QED) is 0.664. The number of nitrogens with zero attached hydrogens (tertiary/aromatic N) is 2. The fraction of sp³-hybridized carbons (Fsp3) is 0.682. The molecule has 0 unspecified atom stereocenters. The Morgan fingerprint density at radius 3 is 2.47 bits per heavy atom. The van der Waals surface area contributed by atoms with Crippen molar-refractivity contribution in [1.82, 2.24) is 9.21 Å². The molecule has 1 aromatic carbocycles. The topological polar surface area (TPSA) is 96.4 Å². The normalized spacial score (nSPS) is 26.7. The van der Waals surface area contributed by atoms with Gasteiger partial charge >= 0.3 is 6.09 Å². The highest BCUT2D eigenvalue weighted by molar-refractivity contribution is 7.89. The summed E-state index contributed by atoms with van der Waals surface area (Å²) in [6.07, 6.45) is 2.87. The number of hydrogen-bond acceptors (Lipinski definition) is 6. The van der Waals surface area contributed by atoms with Gasteiger partial charge in [-0.05, 0) is 61.3 Å². The highest BCUT2D eigenvalue weighted by Gasteiger charge is 2.54. The fourth-order valence-corrected chi connectivity index (χ4v) is 6.54. The summed E-state index contributed by atoms with van der Waals surface area (Å²) in [4.78, 5) is 14.4. The second-order valence-electron chi connectivity index (χ2n) is 9.34. The first-order valence-electron chi connectivity index (χ1n) is 11.1. The molecule has 1 amide bonds. The second-order valence-corrected chi connectivity index (χ2v) is 11.6. The maximum Gasteiger partial charge on any atom is 0.409 e. The molecule has 2 heterocycles. The van der Waals surface area contributed by atoms with Gasteiger partial charge in [0, 0.05) is 24.7 Å². The van der Waals surface area contributed by atoms with Crippen LogP contribution in [0.25, 0.3) is 0 Å². The zero-order chi connectivity index (χ0) is 22.9. The van der Waals surface area contributed by atoms with Crippen molar-refractivity contribution in [1.29, 1.82) is 0 Å². The van der Waals surface area contributed by atoms with Gasteiger partial charge in [0.25, 0.3) is 0 Å². The Bertz CT molecular complexity index is 913.